The van der Waals surface area contributed by atoms with Gasteiger partial charge in [0.05, 0.1) is 5.25 Å². The smallest absolute Gasteiger partial charge is 0.249 e. The van der Waals surface area contributed by atoms with Gasteiger partial charge in [0.15, 0.2) is 0 Å². The summed E-state index contributed by atoms with van der Waals surface area (Å²) in [7, 11) is -3.37. The highest BCUT2D eigenvalue weighted by Gasteiger charge is 2.48. The quantitative estimate of drug-likeness (QED) is 0.614. The van der Waals surface area contributed by atoms with Crippen LogP contribution in [0.3, 0.4) is 0 Å². The Morgan fingerprint density at radius 2 is 1.71 bits per heavy atom. The van der Waals surface area contributed by atoms with Gasteiger partial charge in [0.2, 0.25) is 27.7 Å². The third-order valence-electron chi connectivity index (χ3n) is 8.03. The van der Waals surface area contributed by atoms with Gasteiger partial charge in [-0.15, -0.1) is 0 Å². The zero-order chi connectivity index (χ0) is 22.3. The Hall–Kier alpha value is -1.48. The van der Waals surface area contributed by atoms with E-state index in [2.05, 4.69) is 23.9 Å². The summed E-state index contributed by atoms with van der Waals surface area (Å²) in [4.78, 5) is 38.2. The maximum absolute atomic E-state index is 13.0. The SMILES string of the molecule is CC(C)C1CCC(S(=O)(=O)NC2CCC3C(=O)N(C4CCC(=O)NC4=O)CC3C2)CC1. The second kappa shape index (κ2) is 8.81. The highest BCUT2D eigenvalue weighted by Crippen LogP contribution is 2.40. The van der Waals surface area contributed by atoms with Gasteiger partial charge >= 0.3 is 0 Å². The molecule has 0 aromatic rings. The number of sulfonamides is 1. The molecule has 9 heteroatoms. The summed E-state index contributed by atoms with van der Waals surface area (Å²) >= 11 is 0. The van der Waals surface area contributed by atoms with E-state index in [1.54, 1.807) is 4.90 Å². The molecule has 2 N–H and O–H groups in total. The average molecular weight is 454 g/mol. The maximum Gasteiger partial charge on any atom is 0.249 e. The van der Waals surface area contributed by atoms with Crippen LogP contribution in [-0.2, 0) is 24.4 Å². The molecule has 0 aromatic heterocycles. The van der Waals surface area contributed by atoms with Crippen molar-refractivity contribution in [2.24, 2.45) is 23.7 Å². The highest BCUT2D eigenvalue weighted by atomic mass is 32.2. The summed E-state index contributed by atoms with van der Waals surface area (Å²) in [5, 5.41) is 2.02. The largest absolute Gasteiger partial charge is 0.330 e. The molecular formula is C22H35N3O5S. The molecule has 4 atom stereocenters. The summed E-state index contributed by atoms with van der Waals surface area (Å²) in [5.41, 5.74) is 0. The number of rotatable bonds is 5. The Bertz CT molecular complexity index is 834. The lowest BCUT2D eigenvalue weighted by Gasteiger charge is -2.34. The molecule has 4 fully saturated rings. The second-order valence-corrected chi connectivity index (χ2v) is 12.3. The lowest BCUT2D eigenvalue weighted by atomic mass is 9.79. The number of hydrogen-bond donors (Lipinski definition) is 2. The van der Waals surface area contributed by atoms with Gasteiger partial charge in [0.25, 0.3) is 0 Å². The van der Waals surface area contributed by atoms with E-state index in [9.17, 15) is 22.8 Å². The van der Waals surface area contributed by atoms with Crippen LogP contribution in [0.25, 0.3) is 0 Å². The van der Waals surface area contributed by atoms with Crippen LogP contribution in [0, 0.1) is 23.7 Å². The molecule has 4 rings (SSSR count). The summed E-state index contributed by atoms with van der Waals surface area (Å²) in [6, 6.07) is -0.731. The Kier molecular flexibility index (Phi) is 6.45. The first kappa shape index (κ1) is 22.7. The molecule has 174 valence electrons. The minimum Gasteiger partial charge on any atom is -0.330 e. The minimum atomic E-state index is -3.37. The number of amides is 3. The molecule has 2 saturated heterocycles. The van der Waals surface area contributed by atoms with Crippen LogP contribution in [0.2, 0.25) is 0 Å². The van der Waals surface area contributed by atoms with Crippen molar-refractivity contribution >= 4 is 27.7 Å². The molecule has 2 saturated carbocycles. The molecule has 2 aliphatic heterocycles. The highest BCUT2D eigenvalue weighted by molar-refractivity contribution is 7.90. The van der Waals surface area contributed by atoms with Crippen LogP contribution >= 0.6 is 0 Å². The number of carbonyl (C=O) groups is 3. The number of hydrogen-bond acceptors (Lipinski definition) is 5. The molecule has 31 heavy (non-hydrogen) atoms. The Balaban J connectivity index is 1.34. The van der Waals surface area contributed by atoms with E-state index in [1.165, 1.54) is 0 Å². The molecule has 0 radical (unpaired) electrons. The van der Waals surface area contributed by atoms with Crippen molar-refractivity contribution in [1.82, 2.24) is 14.9 Å². The van der Waals surface area contributed by atoms with E-state index in [0.29, 0.717) is 44.1 Å². The molecule has 2 aliphatic carbocycles. The van der Waals surface area contributed by atoms with E-state index in [1.807, 2.05) is 0 Å². The van der Waals surface area contributed by atoms with Crippen molar-refractivity contribution in [1.29, 1.82) is 0 Å². The number of piperidine rings is 1. The van der Waals surface area contributed by atoms with Gasteiger partial charge in [-0.2, -0.15) is 0 Å². The molecule has 2 heterocycles. The lowest BCUT2D eigenvalue weighted by Crippen LogP contribution is -2.53. The number of nitrogens with one attached hydrogen (secondary N) is 2. The van der Waals surface area contributed by atoms with E-state index in [-0.39, 0.29) is 41.4 Å². The molecular weight excluding hydrogens is 418 g/mol. The Labute approximate surface area is 184 Å². The van der Waals surface area contributed by atoms with E-state index in [0.717, 1.165) is 25.7 Å². The fourth-order valence-electron chi connectivity index (χ4n) is 6.11. The fourth-order valence-corrected chi connectivity index (χ4v) is 7.87. The normalized spacial score (nSPS) is 37.1. The Morgan fingerprint density at radius 3 is 2.35 bits per heavy atom. The van der Waals surface area contributed by atoms with Gasteiger partial charge < -0.3 is 4.90 Å². The Morgan fingerprint density at radius 1 is 1.00 bits per heavy atom. The van der Waals surface area contributed by atoms with Crippen molar-refractivity contribution in [2.75, 3.05) is 6.54 Å². The van der Waals surface area contributed by atoms with Crippen LogP contribution in [0.1, 0.15) is 71.6 Å². The summed E-state index contributed by atoms with van der Waals surface area (Å²) in [5.74, 6) is 0.417. The van der Waals surface area contributed by atoms with Crippen molar-refractivity contribution in [2.45, 2.75) is 89.0 Å². The van der Waals surface area contributed by atoms with Gasteiger partial charge in [-0.1, -0.05) is 13.8 Å². The first-order valence-corrected chi connectivity index (χ1v) is 13.4. The summed E-state index contributed by atoms with van der Waals surface area (Å²) in [6.07, 6.45) is 5.90. The van der Waals surface area contributed by atoms with Gasteiger partial charge in [0, 0.05) is 24.9 Å². The van der Waals surface area contributed by atoms with Gasteiger partial charge in [-0.3, -0.25) is 19.7 Å². The monoisotopic (exact) mass is 453 g/mol. The topological polar surface area (TPSA) is 113 Å². The van der Waals surface area contributed by atoms with E-state index >= 15 is 0 Å². The summed E-state index contributed by atoms with van der Waals surface area (Å²) in [6.45, 7) is 4.88. The zero-order valence-corrected chi connectivity index (χ0v) is 19.3. The van der Waals surface area contributed by atoms with Gasteiger partial charge in [0.1, 0.15) is 6.04 Å². The number of likely N-dealkylation sites (tertiary alicyclic amines) is 1. The third-order valence-corrected chi connectivity index (χ3v) is 10.0. The number of fused-ring (bicyclic) bond motifs is 1. The molecule has 4 aliphatic rings. The molecule has 4 unspecified atom stereocenters. The van der Waals surface area contributed by atoms with Crippen LogP contribution in [-0.4, -0.2) is 54.9 Å². The van der Waals surface area contributed by atoms with Gasteiger partial charge in [-0.05, 0) is 69.1 Å². The van der Waals surface area contributed by atoms with Crippen LogP contribution in [0.15, 0.2) is 0 Å². The standard InChI is InChI=1S/C22H35N3O5S/c1-13(2)14-3-6-17(7-4-14)31(29,30)24-16-5-8-18-15(11-16)12-25(22(18)28)19-9-10-20(26)23-21(19)27/h13-19,24H,3-12H2,1-2H3,(H,23,26,27). The third kappa shape index (κ3) is 4.67. The maximum atomic E-state index is 13.0. The first-order valence-electron chi connectivity index (χ1n) is 11.8. The number of nitrogens with zero attached hydrogens (tertiary/aromatic N) is 1. The molecule has 0 spiro atoms. The van der Waals surface area contributed by atoms with Crippen molar-refractivity contribution in [3.8, 4) is 0 Å². The predicted octanol–water partition coefficient (Wildman–Crippen LogP) is 1.55. The molecule has 0 bridgehead atoms. The zero-order valence-electron chi connectivity index (χ0n) is 18.5. The number of imide groups is 1. The van der Waals surface area contributed by atoms with Crippen molar-refractivity contribution in [3.63, 3.8) is 0 Å². The molecule has 8 nitrogen and oxygen atoms in total. The molecule has 3 amide bonds. The van der Waals surface area contributed by atoms with Crippen LogP contribution in [0.4, 0.5) is 0 Å². The first-order chi connectivity index (χ1) is 14.7. The molecule has 0 aromatic carbocycles. The predicted molar refractivity (Wildman–Crippen MR) is 115 cm³/mol. The fraction of sp³-hybridized carbons (Fsp3) is 0.864. The van der Waals surface area contributed by atoms with Crippen LogP contribution < -0.4 is 10.0 Å². The number of carbonyl (C=O) groups excluding carboxylic acids is 3. The van der Waals surface area contributed by atoms with Gasteiger partial charge in [-0.25, -0.2) is 13.1 Å². The van der Waals surface area contributed by atoms with Crippen LogP contribution in [0.5, 0.6) is 0 Å². The van der Waals surface area contributed by atoms with Crippen molar-refractivity contribution < 1.29 is 22.8 Å². The average Bonchev–Trinajstić information content (AvgIpc) is 3.03. The van der Waals surface area contributed by atoms with Crippen molar-refractivity contribution in [3.05, 3.63) is 0 Å². The minimum absolute atomic E-state index is 0.0205. The van der Waals surface area contributed by atoms with E-state index < -0.39 is 22.0 Å². The second-order valence-electron chi connectivity index (χ2n) is 10.3. The van der Waals surface area contributed by atoms with E-state index in [4.69, 9.17) is 0 Å². The lowest BCUT2D eigenvalue weighted by molar-refractivity contribution is -0.144. The summed E-state index contributed by atoms with van der Waals surface area (Å²) < 4.78 is 29.0.